The molecule has 9 heteroatoms. The Morgan fingerprint density at radius 2 is 1.87 bits per heavy atom. The van der Waals surface area contributed by atoms with Crippen LogP contribution >= 0.6 is 15.9 Å². The van der Waals surface area contributed by atoms with Crippen LogP contribution in [-0.2, 0) is 16.1 Å². The van der Waals surface area contributed by atoms with Gasteiger partial charge in [-0.2, -0.15) is 0 Å². The number of hydrogen-bond acceptors (Lipinski definition) is 6. The van der Waals surface area contributed by atoms with Crippen molar-refractivity contribution in [1.82, 2.24) is 20.9 Å². The number of amides is 2. The van der Waals surface area contributed by atoms with Crippen LogP contribution in [0.15, 0.2) is 40.9 Å². The molecule has 0 aliphatic rings. The van der Waals surface area contributed by atoms with Gasteiger partial charge < -0.3 is 26.4 Å². The quantitative estimate of drug-likeness (QED) is 0.415. The van der Waals surface area contributed by atoms with Crippen molar-refractivity contribution in [2.45, 2.75) is 39.5 Å². The molecule has 2 amide bonds. The van der Waals surface area contributed by atoms with Crippen molar-refractivity contribution in [3.63, 3.8) is 0 Å². The first-order valence-electron chi connectivity index (χ1n) is 9.66. The number of carbonyl (C=O) groups excluding carboxylic acids is 2. The Kier molecular flexibility index (Phi) is 9.07. The number of benzene rings is 1. The van der Waals surface area contributed by atoms with Gasteiger partial charge in [-0.1, -0.05) is 22.0 Å². The molecule has 5 N–H and O–H groups in total. The van der Waals surface area contributed by atoms with E-state index in [4.69, 9.17) is 10.5 Å². The highest BCUT2D eigenvalue weighted by Crippen LogP contribution is 2.17. The van der Waals surface area contributed by atoms with Crippen molar-refractivity contribution in [3.05, 3.63) is 52.1 Å². The van der Waals surface area contributed by atoms with Crippen LogP contribution in [0.4, 0.5) is 5.82 Å². The molecule has 2 atom stereocenters. The lowest BCUT2D eigenvalue weighted by molar-refractivity contribution is -0.128. The molecule has 0 aliphatic carbocycles. The predicted octanol–water partition coefficient (Wildman–Crippen LogP) is 1.91. The Labute approximate surface area is 185 Å². The smallest absolute Gasteiger partial charge is 0.242 e. The Balaban J connectivity index is 1.66. The van der Waals surface area contributed by atoms with Crippen LogP contribution in [0.3, 0.4) is 0 Å². The van der Waals surface area contributed by atoms with Gasteiger partial charge in [0.05, 0.1) is 6.54 Å². The van der Waals surface area contributed by atoms with Crippen LogP contribution in [0.25, 0.3) is 0 Å². The molecule has 0 bridgehead atoms. The Morgan fingerprint density at radius 3 is 2.53 bits per heavy atom. The van der Waals surface area contributed by atoms with Crippen LogP contribution in [-0.4, -0.2) is 42.0 Å². The molecule has 162 valence electrons. The maximum atomic E-state index is 12.2. The van der Waals surface area contributed by atoms with Gasteiger partial charge in [0.2, 0.25) is 11.8 Å². The fraction of sp³-hybridized carbons (Fsp3) is 0.381. The maximum absolute atomic E-state index is 12.2. The predicted molar refractivity (Wildman–Crippen MR) is 120 cm³/mol. The topological polar surface area (TPSA) is 118 Å². The number of aryl methyl sites for hydroxylation is 1. The van der Waals surface area contributed by atoms with E-state index < -0.39 is 6.04 Å². The maximum Gasteiger partial charge on any atom is 0.242 e. The molecular weight excluding hydrogens is 450 g/mol. The first-order valence-corrected chi connectivity index (χ1v) is 10.5. The lowest BCUT2D eigenvalue weighted by atomic mass is 10.2. The minimum Gasteiger partial charge on any atom is -0.489 e. The molecule has 8 nitrogen and oxygen atoms in total. The molecule has 0 radical (unpaired) electrons. The van der Waals surface area contributed by atoms with Crippen LogP contribution in [0.2, 0.25) is 0 Å². The third-order valence-electron chi connectivity index (χ3n) is 4.31. The van der Waals surface area contributed by atoms with Crippen molar-refractivity contribution in [2.24, 2.45) is 0 Å². The number of halogens is 1. The zero-order valence-corrected chi connectivity index (χ0v) is 19.0. The molecule has 1 heterocycles. The van der Waals surface area contributed by atoms with Crippen LogP contribution in [0.5, 0.6) is 5.75 Å². The van der Waals surface area contributed by atoms with E-state index in [1.54, 1.807) is 13.0 Å². The summed E-state index contributed by atoms with van der Waals surface area (Å²) >= 11 is 3.38. The van der Waals surface area contributed by atoms with Crippen molar-refractivity contribution in [3.8, 4) is 5.75 Å². The number of anilines is 1. The molecule has 2 aromatic rings. The van der Waals surface area contributed by atoms with Gasteiger partial charge in [-0.25, -0.2) is 4.98 Å². The Morgan fingerprint density at radius 1 is 1.17 bits per heavy atom. The molecule has 0 saturated carbocycles. The summed E-state index contributed by atoms with van der Waals surface area (Å²) in [6, 6.07) is 10.4. The lowest BCUT2D eigenvalue weighted by Crippen LogP contribution is -2.47. The van der Waals surface area contributed by atoms with Crippen molar-refractivity contribution in [1.29, 1.82) is 0 Å². The summed E-state index contributed by atoms with van der Waals surface area (Å²) in [4.78, 5) is 28.5. The Hall–Kier alpha value is -2.65. The van der Waals surface area contributed by atoms with Gasteiger partial charge in [0.1, 0.15) is 23.7 Å². The molecule has 0 spiro atoms. The minimum atomic E-state index is -0.655. The second kappa shape index (κ2) is 11.5. The van der Waals surface area contributed by atoms with E-state index in [1.807, 2.05) is 44.2 Å². The summed E-state index contributed by atoms with van der Waals surface area (Å²) in [7, 11) is 0. The number of nitrogen functional groups attached to an aromatic ring is 1. The first kappa shape index (κ1) is 23.6. The zero-order valence-electron chi connectivity index (χ0n) is 17.4. The van der Waals surface area contributed by atoms with Crippen molar-refractivity contribution in [2.75, 3.05) is 18.8 Å². The van der Waals surface area contributed by atoms with E-state index in [1.165, 1.54) is 0 Å². The number of ether oxygens (including phenoxy) is 1. The van der Waals surface area contributed by atoms with Gasteiger partial charge in [-0.15, -0.1) is 0 Å². The fourth-order valence-corrected chi connectivity index (χ4v) is 2.93. The number of nitrogens with two attached hydrogens (primary N) is 1. The largest absolute Gasteiger partial charge is 0.489 e. The summed E-state index contributed by atoms with van der Waals surface area (Å²) < 4.78 is 6.75. The molecular formula is C21H28BrN5O3. The molecule has 2 rings (SSSR count). The number of pyridine rings is 1. The monoisotopic (exact) mass is 477 g/mol. The summed E-state index contributed by atoms with van der Waals surface area (Å²) in [5.74, 6) is 0.659. The summed E-state index contributed by atoms with van der Waals surface area (Å²) in [6.07, 6.45) is -0.114. The highest BCUT2D eigenvalue weighted by Gasteiger charge is 2.16. The first-order chi connectivity index (χ1) is 14.2. The van der Waals surface area contributed by atoms with Crippen LogP contribution in [0.1, 0.15) is 25.1 Å². The summed E-state index contributed by atoms with van der Waals surface area (Å²) in [5, 5.41) is 8.50. The standard InChI is InChI=1S/C21H28BrN5O3/c1-13(30-18-7-5-17(22)6-8-18)10-24-12-20(28)27-15(3)21(29)25-11-16-4-9-19(23)26-14(16)2/h4-9,13,15,24H,10-12H2,1-3H3,(H2,23,26)(H,25,29)(H,27,28)/t13-,15-/m0/s1. The van der Waals surface area contributed by atoms with E-state index in [9.17, 15) is 9.59 Å². The number of hydrogen-bond donors (Lipinski definition) is 4. The van der Waals surface area contributed by atoms with Gasteiger partial charge in [-0.05, 0) is 56.7 Å². The second-order valence-corrected chi connectivity index (χ2v) is 7.92. The normalized spacial score (nSPS) is 12.7. The number of aromatic nitrogens is 1. The van der Waals surface area contributed by atoms with E-state index in [2.05, 4.69) is 36.9 Å². The lowest BCUT2D eigenvalue weighted by Gasteiger charge is -2.17. The number of nitrogens with one attached hydrogen (secondary N) is 3. The van der Waals surface area contributed by atoms with Crippen molar-refractivity contribution < 1.29 is 14.3 Å². The number of carbonyl (C=O) groups is 2. The van der Waals surface area contributed by atoms with Gasteiger partial charge >= 0.3 is 0 Å². The second-order valence-electron chi connectivity index (χ2n) is 7.00. The number of nitrogens with zero attached hydrogens (tertiary/aromatic N) is 1. The molecule has 0 aliphatic heterocycles. The highest BCUT2D eigenvalue weighted by molar-refractivity contribution is 9.10. The van der Waals surface area contributed by atoms with Gasteiger partial charge in [0, 0.05) is 23.3 Å². The van der Waals surface area contributed by atoms with Gasteiger partial charge in [-0.3, -0.25) is 9.59 Å². The zero-order chi connectivity index (χ0) is 22.1. The van der Waals surface area contributed by atoms with Crippen molar-refractivity contribution >= 4 is 33.6 Å². The SMILES string of the molecule is Cc1nc(N)ccc1CNC(=O)[C@H](C)NC(=O)CNC[C@H](C)Oc1ccc(Br)cc1. The summed E-state index contributed by atoms with van der Waals surface area (Å²) in [6.45, 7) is 6.29. The van der Waals surface area contributed by atoms with Crippen LogP contribution in [0, 0.1) is 6.92 Å². The van der Waals surface area contributed by atoms with Crippen LogP contribution < -0.4 is 26.4 Å². The van der Waals surface area contributed by atoms with E-state index in [0.717, 1.165) is 21.5 Å². The number of rotatable bonds is 10. The fourth-order valence-electron chi connectivity index (χ4n) is 2.67. The minimum absolute atomic E-state index is 0.0899. The van der Waals surface area contributed by atoms with E-state index >= 15 is 0 Å². The average molecular weight is 478 g/mol. The molecule has 0 saturated heterocycles. The van der Waals surface area contributed by atoms with E-state index in [0.29, 0.717) is 18.9 Å². The van der Waals surface area contributed by atoms with E-state index in [-0.39, 0.29) is 24.5 Å². The molecule has 30 heavy (non-hydrogen) atoms. The average Bonchev–Trinajstić information content (AvgIpc) is 2.68. The third-order valence-corrected chi connectivity index (χ3v) is 4.84. The highest BCUT2D eigenvalue weighted by atomic mass is 79.9. The molecule has 0 fully saturated rings. The third kappa shape index (κ3) is 8.00. The molecule has 1 aromatic carbocycles. The summed E-state index contributed by atoms with van der Waals surface area (Å²) in [5.41, 5.74) is 7.26. The molecule has 0 unspecified atom stereocenters. The van der Waals surface area contributed by atoms with Gasteiger partial charge in [0.25, 0.3) is 0 Å². The van der Waals surface area contributed by atoms with Gasteiger partial charge in [0.15, 0.2) is 0 Å². The Bertz CT molecular complexity index is 860. The molecule has 1 aromatic heterocycles.